The summed E-state index contributed by atoms with van der Waals surface area (Å²) in [5, 5.41) is 0. The molecule has 0 aliphatic carbocycles. The van der Waals surface area contributed by atoms with Crippen LogP contribution in [0.15, 0.2) is 60.7 Å². The second-order valence-electron chi connectivity index (χ2n) is 4.45. The average molecular weight is 239 g/mol. The lowest BCUT2D eigenvalue weighted by atomic mass is 9.85. The maximum absolute atomic E-state index is 12.3. The molecule has 2 aromatic rings. The molecule has 0 fully saturated rings. The second-order valence-corrected chi connectivity index (χ2v) is 4.45. The predicted octanol–water partition coefficient (Wildman–Crippen LogP) is 2.73. The minimum atomic E-state index is -0.463. The van der Waals surface area contributed by atoms with Crippen molar-refractivity contribution < 1.29 is 4.79 Å². The molecule has 0 aliphatic heterocycles. The third-order valence-corrected chi connectivity index (χ3v) is 3.00. The molecule has 0 saturated carbocycles. The van der Waals surface area contributed by atoms with E-state index in [0.29, 0.717) is 0 Å². The largest absolute Gasteiger partial charge is 0.322 e. The van der Waals surface area contributed by atoms with Crippen molar-refractivity contribution in [3.8, 4) is 0 Å². The van der Waals surface area contributed by atoms with Crippen LogP contribution in [0, 0.1) is 0 Å². The lowest BCUT2D eigenvalue weighted by Gasteiger charge is -2.18. The van der Waals surface area contributed by atoms with E-state index in [1.165, 1.54) is 0 Å². The van der Waals surface area contributed by atoms with E-state index in [0.717, 1.165) is 11.1 Å². The number of benzene rings is 2. The van der Waals surface area contributed by atoms with Crippen molar-refractivity contribution in [3.63, 3.8) is 0 Å². The van der Waals surface area contributed by atoms with E-state index in [-0.39, 0.29) is 11.7 Å². The van der Waals surface area contributed by atoms with E-state index in [1.54, 1.807) is 6.92 Å². The van der Waals surface area contributed by atoms with Crippen molar-refractivity contribution in [2.75, 3.05) is 0 Å². The molecular weight excluding hydrogens is 222 g/mol. The van der Waals surface area contributed by atoms with Crippen LogP contribution < -0.4 is 5.73 Å². The van der Waals surface area contributed by atoms with Crippen LogP contribution in [0.25, 0.3) is 0 Å². The van der Waals surface area contributed by atoms with Gasteiger partial charge in [0.25, 0.3) is 0 Å². The highest BCUT2D eigenvalue weighted by Gasteiger charge is 2.24. The van der Waals surface area contributed by atoms with Gasteiger partial charge < -0.3 is 5.73 Å². The minimum absolute atomic E-state index is 0.0485. The summed E-state index contributed by atoms with van der Waals surface area (Å²) < 4.78 is 0. The van der Waals surface area contributed by atoms with E-state index in [4.69, 9.17) is 5.73 Å². The zero-order valence-corrected chi connectivity index (χ0v) is 10.4. The van der Waals surface area contributed by atoms with Gasteiger partial charge in [0.2, 0.25) is 0 Å². The van der Waals surface area contributed by atoms with Gasteiger partial charge >= 0.3 is 0 Å². The Bertz CT molecular complexity index is 466. The summed E-state index contributed by atoms with van der Waals surface area (Å²) in [6.45, 7) is 1.74. The molecule has 0 aliphatic rings. The smallest absolute Gasteiger partial charge is 0.161 e. The number of hydrogen-bond donors (Lipinski definition) is 1. The molecule has 0 aromatic heterocycles. The van der Waals surface area contributed by atoms with Crippen LogP contribution in [-0.4, -0.2) is 11.8 Å². The van der Waals surface area contributed by atoms with Crippen LogP contribution in [0.5, 0.6) is 0 Å². The van der Waals surface area contributed by atoms with Crippen molar-refractivity contribution in [2.45, 2.75) is 18.9 Å². The highest BCUT2D eigenvalue weighted by Crippen LogP contribution is 2.26. The summed E-state index contributed by atoms with van der Waals surface area (Å²) in [5.74, 6) is -0.222. The van der Waals surface area contributed by atoms with Crippen molar-refractivity contribution in [3.05, 3.63) is 71.8 Å². The number of carbonyl (C=O) groups is 1. The molecule has 2 nitrogen and oxygen atoms in total. The molecule has 2 heteroatoms. The molecule has 0 bridgehead atoms. The Hall–Kier alpha value is -1.93. The first-order valence-corrected chi connectivity index (χ1v) is 6.09. The Morgan fingerprint density at radius 3 is 1.61 bits per heavy atom. The fraction of sp³-hybridized carbons (Fsp3) is 0.188. The van der Waals surface area contributed by atoms with Crippen LogP contribution in [0.4, 0.5) is 0 Å². The van der Waals surface area contributed by atoms with Gasteiger partial charge in [-0.05, 0) is 18.1 Å². The van der Waals surface area contributed by atoms with Gasteiger partial charge in [-0.15, -0.1) is 0 Å². The average Bonchev–Trinajstić information content (AvgIpc) is 2.41. The van der Waals surface area contributed by atoms with Crippen LogP contribution in [0.3, 0.4) is 0 Å². The first kappa shape index (κ1) is 12.5. The predicted molar refractivity (Wildman–Crippen MR) is 73.4 cm³/mol. The highest BCUT2D eigenvalue weighted by atomic mass is 16.1. The molecule has 1 unspecified atom stereocenters. The molecule has 0 spiro atoms. The first-order valence-electron chi connectivity index (χ1n) is 6.09. The van der Waals surface area contributed by atoms with Crippen molar-refractivity contribution in [1.82, 2.24) is 0 Å². The summed E-state index contributed by atoms with van der Waals surface area (Å²) in [6.07, 6.45) is 0. The van der Waals surface area contributed by atoms with Crippen LogP contribution in [-0.2, 0) is 4.79 Å². The van der Waals surface area contributed by atoms with Crippen LogP contribution in [0.1, 0.15) is 24.0 Å². The molecule has 0 amide bonds. The molecule has 0 radical (unpaired) electrons. The van der Waals surface area contributed by atoms with Gasteiger partial charge in [0.15, 0.2) is 5.78 Å². The van der Waals surface area contributed by atoms with Gasteiger partial charge in [-0.1, -0.05) is 60.7 Å². The van der Waals surface area contributed by atoms with E-state index in [9.17, 15) is 4.79 Å². The SMILES string of the molecule is CC(N)C(=O)C(c1ccccc1)c1ccccc1. The van der Waals surface area contributed by atoms with Gasteiger partial charge in [-0.3, -0.25) is 4.79 Å². The molecule has 1 atom stereocenters. The number of hydrogen-bond acceptors (Lipinski definition) is 2. The topological polar surface area (TPSA) is 43.1 Å². The number of ketones is 1. The molecule has 2 rings (SSSR count). The first-order chi connectivity index (χ1) is 8.70. The maximum Gasteiger partial charge on any atom is 0.161 e. The third kappa shape index (κ3) is 2.66. The lowest BCUT2D eigenvalue weighted by Crippen LogP contribution is -2.32. The van der Waals surface area contributed by atoms with Crippen molar-refractivity contribution in [1.29, 1.82) is 0 Å². The monoisotopic (exact) mass is 239 g/mol. The lowest BCUT2D eigenvalue weighted by molar-refractivity contribution is -0.120. The molecule has 2 N–H and O–H groups in total. The van der Waals surface area contributed by atoms with E-state index >= 15 is 0 Å². The van der Waals surface area contributed by atoms with Gasteiger partial charge in [0.1, 0.15) is 0 Å². The Morgan fingerprint density at radius 2 is 1.28 bits per heavy atom. The molecular formula is C16H17NO. The van der Waals surface area contributed by atoms with E-state index in [1.807, 2.05) is 60.7 Å². The third-order valence-electron chi connectivity index (χ3n) is 3.00. The molecule has 92 valence electrons. The number of carbonyl (C=O) groups excluding carboxylic acids is 1. The zero-order chi connectivity index (χ0) is 13.0. The van der Waals surface area contributed by atoms with Crippen LogP contribution >= 0.6 is 0 Å². The van der Waals surface area contributed by atoms with Crippen molar-refractivity contribution in [2.24, 2.45) is 5.73 Å². The summed E-state index contributed by atoms with van der Waals surface area (Å²) in [5.41, 5.74) is 7.75. The Kier molecular flexibility index (Phi) is 3.90. The van der Waals surface area contributed by atoms with E-state index in [2.05, 4.69) is 0 Å². The standard InChI is InChI=1S/C16H17NO/c1-12(17)16(18)15(13-8-4-2-5-9-13)14-10-6-3-7-11-14/h2-12,15H,17H2,1H3. The minimum Gasteiger partial charge on any atom is -0.322 e. The maximum atomic E-state index is 12.3. The summed E-state index contributed by atoms with van der Waals surface area (Å²) in [6, 6.07) is 19.1. The van der Waals surface area contributed by atoms with Crippen LogP contribution in [0.2, 0.25) is 0 Å². The number of Topliss-reactive ketones (excluding diaryl/α,β-unsaturated/α-hetero) is 1. The van der Waals surface area contributed by atoms with Gasteiger partial charge in [-0.25, -0.2) is 0 Å². The fourth-order valence-corrected chi connectivity index (χ4v) is 2.07. The molecule has 2 aromatic carbocycles. The fourth-order valence-electron chi connectivity index (χ4n) is 2.07. The quantitative estimate of drug-likeness (QED) is 0.891. The normalized spacial score (nSPS) is 12.4. The Balaban J connectivity index is 2.45. The summed E-state index contributed by atoms with van der Waals surface area (Å²) >= 11 is 0. The Morgan fingerprint density at radius 1 is 0.889 bits per heavy atom. The zero-order valence-electron chi connectivity index (χ0n) is 10.4. The van der Waals surface area contributed by atoms with E-state index < -0.39 is 6.04 Å². The van der Waals surface area contributed by atoms with Gasteiger partial charge in [0, 0.05) is 0 Å². The highest BCUT2D eigenvalue weighted by molar-refractivity contribution is 5.92. The molecule has 0 heterocycles. The van der Waals surface area contributed by atoms with Crippen molar-refractivity contribution >= 4 is 5.78 Å². The number of nitrogens with two attached hydrogens (primary N) is 1. The number of rotatable bonds is 4. The second kappa shape index (κ2) is 5.61. The molecule has 18 heavy (non-hydrogen) atoms. The van der Waals surface area contributed by atoms with Gasteiger partial charge in [-0.2, -0.15) is 0 Å². The molecule has 0 saturated heterocycles. The van der Waals surface area contributed by atoms with Gasteiger partial charge in [0.05, 0.1) is 12.0 Å². The summed E-state index contributed by atoms with van der Waals surface area (Å²) in [4.78, 5) is 12.3. The Labute approximate surface area is 107 Å². The summed E-state index contributed by atoms with van der Waals surface area (Å²) in [7, 11) is 0.